The smallest absolute Gasteiger partial charge is 0.389 e. The molecule has 1 N–H and O–H groups in total. The van der Waals surface area contributed by atoms with Gasteiger partial charge in [0.05, 0.1) is 11.3 Å². The molecule has 0 bridgehead atoms. The molecule has 0 radical (unpaired) electrons. The van der Waals surface area contributed by atoms with Gasteiger partial charge in [0.25, 0.3) is 0 Å². The number of aromatic carboxylic acids is 1. The van der Waals surface area contributed by atoms with Crippen LogP contribution in [0.4, 0.5) is 17.6 Å². The second-order valence-electron chi connectivity index (χ2n) is 4.11. The predicted molar refractivity (Wildman–Crippen MR) is 65.7 cm³/mol. The molecule has 118 valence electrons. The lowest BCUT2D eigenvalue weighted by atomic mass is 10.2. The molecule has 10 heteroatoms. The molecule has 0 fully saturated rings. The molecule has 0 saturated heterocycles. The molecule has 0 spiro atoms. The van der Waals surface area contributed by atoms with Crippen molar-refractivity contribution < 1.29 is 35.9 Å². The van der Waals surface area contributed by atoms with E-state index in [9.17, 15) is 30.8 Å². The summed E-state index contributed by atoms with van der Waals surface area (Å²) in [7, 11) is -4.41. The Morgan fingerprint density at radius 3 is 2.33 bits per heavy atom. The van der Waals surface area contributed by atoms with Gasteiger partial charge in [0, 0.05) is 11.4 Å². The topological polar surface area (TPSA) is 71.4 Å². The highest BCUT2D eigenvalue weighted by Crippen LogP contribution is 2.27. The van der Waals surface area contributed by atoms with Gasteiger partial charge in [-0.15, -0.1) is 0 Å². The number of hydrogen-bond acceptors (Lipinski definition) is 3. The van der Waals surface area contributed by atoms with Crippen molar-refractivity contribution in [2.75, 3.05) is 5.75 Å². The van der Waals surface area contributed by atoms with Gasteiger partial charge in [-0.1, -0.05) is 11.6 Å². The summed E-state index contributed by atoms with van der Waals surface area (Å²) < 4.78 is 73.4. The van der Waals surface area contributed by atoms with Crippen molar-refractivity contribution >= 4 is 27.4 Å². The molecule has 0 atom stereocenters. The molecular formula is C11H9ClF4O4S. The SMILES string of the molecule is O=C(O)c1cc(Cl)cc(S(=O)(=O)CCCC(F)(F)F)c1F. The number of carboxylic acids is 1. The van der Waals surface area contributed by atoms with Crippen molar-refractivity contribution in [3.63, 3.8) is 0 Å². The summed E-state index contributed by atoms with van der Waals surface area (Å²) in [4.78, 5) is 9.74. The molecule has 1 aromatic rings. The first-order valence-electron chi connectivity index (χ1n) is 5.46. The maximum atomic E-state index is 13.8. The standard InChI is InChI=1S/C11H9ClF4O4S/c12-6-4-7(10(17)18)9(13)8(5-6)21(19,20)3-1-2-11(14,15)16/h4-5H,1-3H2,(H,17,18). The van der Waals surface area contributed by atoms with Gasteiger partial charge in [0.15, 0.2) is 15.7 Å². The third kappa shape index (κ3) is 4.85. The van der Waals surface area contributed by atoms with Gasteiger partial charge in [0.1, 0.15) is 4.90 Å². The van der Waals surface area contributed by atoms with E-state index < -0.39 is 56.9 Å². The Labute approximate surface area is 122 Å². The van der Waals surface area contributed by atoms with Gasteiger partial charge < -0.3 is 5.11 Å². The maximum absolute atomic E-state index is 13.8. The molecule has 0 aliphatic carbocycles. The molecule has 0 saturated carbocycles. The van der Waals surface area contributed by atoms with Crippen molar-refractivity contribution in [3.8, 4) is 0 Å². The number of sulfone groups is 1. The van der Waals surface area contributed by atoms with Crippen LogP contribution in [0.25, 0.3) is 0 Å². The summed E-state index contributed by atoms with van der Waals surface area (Å²) in [6, 6.07) is 1.39. The lowest BCUT2D eigenvalue weighted by Crippen LogP contribution is -2.15. The summed E-state index contributed by atoms with van der Waals surface area (Å²) in [5.74, 6) is -4.25. The van der Waals surface area contributed by atoms with Gasteiger partial charge >= 0.3 is 12.1 Å². The molecular weight excluding hydrogens is 340 g/mol. The second-order valence-corrected chi connectivity index (χ2v) is 6.62. The first-order valence-corrected chi connectivity index (χ1v) is 7.49. The summed E-state index contributed by atoms with van der Waals surface area (Å²) in [6.45, 7) is 0. The van der Waals surface area contributed by atoms with Gasteiger partial charge in [-0.25, -0.2) is 17.6 Å². The Morgan fingerprint density at radius 1 is 1.29 bits per heavy atom. The molecule has 1 aromatic carbocycles. The lowest BCUT2D eigenvalue weighted by Gasteiger charge is -2.09. The van der Waals surface area contributed by atoms with E-state index in [-0.39, 0.29) is 5.02 Å². The molecule has 0 aliphatic heterocycles. The zero-order valence-corrected chi connectivity index (χ0v) is 11.8. The Kier molecular flexibility index (Phi) is 5.21. The van der Waals surface area contributed by atoms with Crippen LogP contribution in [0.2, 0.25) is 5.02 Å². The average molecular weight is 349 g/mol. The first kappa shape index (κ1) is 17.7. The molecule has 0 aliphatic rings. The molecule has 0 heterocycles. The molecule has 21 heavy (non-hydrogen) atoms. The summed E-state index contributed by atoms with van der Waals surface area (Å²) in [6.07, 6.45) is -6.64. The third-order valence-electron chi connectivity index (χ3n) is 2.44. The lowest BCUT2D eigenvalue weighted by molar-refractivity contribution is -0.134. The van der Waals surface area contributed by atoms with Crippen molar-refractivity contribution in [2.45, 2.75) is 23.9 Å². The van der Waals surface area contributed by atoms with E-state index in [1.807, 2.05) is 0 Å². The fourth-order valence-corrected chi connectivity index (χ4v) is 3.24. The van der Waals surface area contributed by atoms with Gasteiger partial charge in [0.2, 0.25) is 0 Å². The molecule has 0 amide bonds. The zero-order valence-electron chi connectivity index (χ0n) is 10.2. The van der Waals surface area contributed by atoms with Crippen LogP contribution >= 0.6 is 11.6 Å². The van der Waals surface area contributed by atoms with Crippen LogP contribution in [0, 0.1) is 5.82 Å². The minimum absolute atomic E-state index is 0.344. The van der Waals surface area contributed by atoms with Crippen molar-refractivity contribution in [2.24, 2.45) is 0 Å². The fraction of sp³-hybridized carbons (Fsp3) is 0.364. The number of carboxylic acid groups (broad SMARTS) is 1. The van der Waals surface area contributed by atoms with Gasteiger partial charge in [-0.2, -0.15) is 13.2 Å². The van der Waals surface area contributed by atoms with Crippen LogP contribution in [0.3, 0.4) is 0 Å². The third-order valence-corrected chi connectivity index (χ3v) is 4.45. The normalized spacial score (nSPS) is 12.4. The summed E-state index contributed by atoms with van der Waals surface area (Å²) in [5.41, 5.74) is -0.961. The largest absolute Gasteiger partial charge is 0.478 e. The highest BCUT2D eigenvalue weighted by molar-refractivity contribution is 7.91. The highest BCUT2D eigenvalue weighted by atomic mass is 35.5. The number of alkyl halides is 3. The molecule has 0 unspecified atom stereocenters. The number of benzene rings is 1. The number of rotatable bonds is 5. The second kappa shape index (κ2) is 6.18. The summed E-state index contributed by atoms with van der Waals surface area (Å²) >= 11 is 5.50. The van der Waals surface area contributed by atoms with Crippen LogP contribution in [0.5, 0.6) is 0 Å². The quantitative estimate of drug-likeness (QED) is 0.829. The van der Waals surface area contributed by atoms with Crippen molar-refractivity contribution in [3.05, 3.63) is 28.5 Å². The molecule has 1 rings (SSSR count). The Hall–Kier alpha value is -1.35. The van der Waals surface area contributed by atoms with E-state index in [4.69, 9.17) is 16.7 Å². The van der Waals surface area contributed by atoms with Gasteiger partial charge in [-0.05, 0) is 18.6 Å². The van der Waals surface area contributed by atoms with E-state index in [1.165, 1.54) is 0 Å². The Bertz CT molecular complexity index is 655. The van der Waals surface area contributed by atoms with Crippen LogP contribution in [0.15, 0.2) is 17.0 Å². The zero-order chi connectivity index (χ0) is 16.4. The van der Waals surface area contributed by atoms with E-state index in [1.54, 1.807) is 0 Å². The summed E-state index contributed by atoms with van der Waals surface area (Å²) in [5, 5.41) is 8.38. The maximum Gasteiger partial charge on any atom is 0.389 e. The predicted octanol–water partition coefficient (Wildman–Crippen LogP) is 3.29. The average Bonchev–Trinajstić information content (AvgIpc) is 2.29. The fourth-order valence-electron chi connectivity index (χ4n) is 1.52. The van der Waals surface area contributed by atoms with E-state index >= 15 is 0 Å². The minimum Gasteiger partial charge on any atom is -0.478 e. The van der Waals surface area contributed by atoms with Crippen LogP contribution in [0.1, 0.15) is 23.2 Å². The van der Waals surface area contributed by atoms with E-state index in [0.29, 0.717) is 12.1 Å². The Morgan fingerprint density at radius 2 is 1.86 bits per heavy atom. The van der Waals surface area contributed by atoms with Gasteiger partial charge in [-0.3, -0.25) is 0 Å². The highest BCUT2D eigenvalue weighted by Gasteiger charge is 2.29. The van der Waals surface area contributed by atoms with Crippen LogP contribution in [-0.2, 0) is 9.84 Å². The number of halogens is 5. The van der Waals surface area contributed by atoms with E-state index in [2.05, 4.69) is 0 Å². The van der Waals surface area contributed by atoms with Crippen LogP contribution < -0.4 is 0 Å². The number of hydrogen-bond donors (Lipinski definition) is 1. The Balaban J connectivity index is 3.12. The monoisotopic (exact) mass is 348 g/mol. The van der Waals surface area contributed by atoms with Crippen molar-refractivity contribution in [1.29, 1.82) is 0 Å². The van der Waals surface area contributed by atoms with Crippen LogP contribution in [-0.4, -0.2) is 31.4 Å². The molecule has 4 nitrogen and oxygen atoms in total. The molecule has 0 aromatic heterocycles. The minimum atomic E-state index is -4.53. The van der Waals surface area contributed by atoms with E-state index in [0.717, 1.165) is 0 Å². The number of carbonyl (C=O) groups is 1. The van der Waals surface area contributed by atoms with Crippen molar-refractivity contribution in [1.82, 2.24) is 0 Å². The first-order chi connectivity index (χ1) is 9.44.